The van der Waals surface area contributed by atoms with Crippen LogP contribution in [0.5, 0.6) is 11.5 Å². The maximum absolute atomic E-state index is 9.49. The summed E-state index contributed by atoms with van der Waals surface area (Å²) >= 11 is 5.91. The fraction of sp³-hybridized carbons (Fsp3) is 0.278. The molecule has 1 aliphatic rings. The Bertz CT molecular complexity index is 711. The lowest BCUT2D eigenvalue weighted by Crippen LogP contribution is -2.43. The van der Waals surface area contributed by atoms with E-state index in [-0.39, 0.29) is 11.5 Å². The summed E-state index contributed by atoms with van der Waals surface area (Å²) < 4.78 is 0. The van der Waals surface area contributed by atoms with Gasteiger partial charge in [-0.1, -0.05) is 23.7 Å². The zero-order valence-corrected chi connectivity index (χ0v) is 14.0. The first-order valence-electron chi connectivity index (χ1n) is 7.88. The van der Waals surface area contributed by atoms with Crippen LogP contribution in [-0.2, 0) is 6.54 Å². The molecule has 3 rings (SSSR count). The Kier molecular flexibility index (Phi) is 5.23. The second kappa shape index (κ2) is 7.55. The number of benzene rings is 2. The molecule has 5 nitrogen and oxygen atoms in total. The quantitative estimate of drug-likeness (QED) is 0.661. The van der Waals surface area contributed by atoms with Crippen molar-refractivity contribution in [2.45, 2.75) is 6.54 Å². The number of rotatable bonds is 4. The lowest BCUT2D eigenvalue weighted by Gasteiger charge is -2.33. The first-order valence-corrected chi connectivity index (χ1v) is 8.26. The largest absolute Gasteiger partial charge is 0.504 e. The van der Waals surface area contributed by atoms with E-state index in [0.29, 0.717) is 0 Å². The highest BCUT2D eigenvalue weighted by Gasteiger charge is 2.15. The molecule has 2 aromatic carbocycles. The van der Waals surface area contributed by atoms with Gasteiger partial charge in [0.25, 0.3) is 0 Å². The van der Waals surface area contributed by atoms with Crippen molar-refractivity contribution in [2.24, 2.45) is 5.10 Å². The van der Waals surface area contributed by atoms with Gasteiger partial charge in [0.2, 0.25) is 0 Å². The number of hydrogen-bond donors (Lipinski definition) is 2. The smallest absolute Gasteiger partial charge is 0.158 e. The molecule has 126 valence electrons. The molecule has 2 N–H and O–H groups in total. The Hall–Kier alpha value is -2.24. The minimum atomic E-state index is -0.133. The normalized spacial score (nSPS) is 16.0. The van der Waals surface area contributed by atoms with Crippen LogP contribution in [0, 0.1) is 0 Å². The summed E-state index contributed by atoms with van der Waals surface area (Å²) in [5, 5.41) is 26.0. The van der Waals surface area contributed by atoms with Crippen LogP contribution in [0.25, 0.3) is 0 Å². The molecule has 0 amide bonds. The van der Waals surface area contributed by atoms with E-state index in [1.54, 1.807) is 12.3 Å². The Labute approximate surface area is 146 Å². The van der Waals surface area contributed by atoms with Crippen LogP contribution in [0.1, 0.15) is 11.1 Å². The molecule has 1 aliphatic heterocycles. The number of aromatic hydroxyl groups is 2. The lowest BCUT2D eigenvalue weighted by molar-refractivity contribution is 0.131. The predicted octanol–water partition coefficient (Wildman–Crippen LogP) is 2.90. The third-order valence-electron chi connectivity index (χ3n) is 4.04. The van der Waals surface area contributed by atoms with E-state index in [9.17, 15) is 10.2 Å². The summed E-state index contributed by atoms with van der Waals surface area (Å²) in [6.45, 7) is 4.52. The van der Waals surface area contributed by atoms with Gasteiger partial charge < -0.3 is 10.2 Å². The van der Waals surface area contributed by atoms with Crippen LogP contribution in [-0.4, -0.2) is 52.5 Å². The van der Waals surface area contributed by atoms with Gasteiger partial charge in [0.05, 0.1) is 6.21 Å². The molecule has 0 aromatic heterocycles. The van der Waals surface area contributed by atoms with Crippen molar-refractivity contribution in [1.29, 1.82) is 0 Å². The highest BCUT2D eigenvalue weighted by Crippen LogP contribution is 2.24. The monoisotopic (exact) mass is 345 g/mol. The maximum Gasteiger partial charge on any atom is 0.158 e. The van der Waals surface area contributed by atoms with Gasteiger partial charge in [-0.3, -0.25) is 9.91 Å². The standard InChI is InChI=1S/C18H20ClN3O2/c19-16-4-1-14(2-5-16)13-21-7-9-22(10-8-21)20-12-15-3-6-17(23)18(24)11-15/h1-6,11-12,23-24H,7-10,13H2/b20-12-. The highest BCUT2D eigenvalue weighted by molar-refractivity contribution is 6.30. The molecular formula is C18H20ClN3O2. The number of phenols is 2. The van der Waals surface area contributed by atoms with Crippen LogP contribution >= 0.6 is 11.6 Å². The van der Waals surface area contributed by atoms with Crippen LogP contribution in [0.4, 0.5) is 0 Å². The molecular weight excluding hydrogens is 326 g/mol. The summed E-state index contributed by atoms with van der Waals surface area (Å²) in [7, 11) is 0. The second-order valence-corrected chi connectivity index (χ2v) is 6.29. The van der Waals surface area contributed by atoms with Crippen molar-refractivity contribution < 1.29 is 10.2 Å². The average Bonchev–Trinajstić information content (AvgIpc) is 2.59. The molecule has 0 aliphatic carbocycles. The van der Waals surface area contributed by atoms with Gasteiger partial charge in [0.15, 0.2) is 11.5 Å². The molecule has 0 spiro atoms. The number of piperazine rings is 1. The highest BCUT2D eigenvalue weighted by atomic mass is 35.5. The topological polar surface area (TPSA) is 59.3 Å². The Balaban J connectivity index is 1.50. The number of hydrazone groups is 1. The van der Waals surface area contributed by atoms with E-state index in [0.717, 1.165) is 43.3 Å². The zero-order chi connectivity index (χ0) is 16.9. The van der Waals surface area contributed by atoms with Crippen LogP contribution in [0.2, 0.25) is 5.02 Å². The molecule has 1 saturated heterocycles. The maximum atomic E-state index is 9.49. The summed E-state index contributed by atoms with van der Waals surface area (Å²) in [5.74, 6) is -0.255. The number of phenolic OH excluding ortho intramolecular Hbond substituents is 2. The number of nitrogens with zero attached hydrogens (tertiary/aromatic N) is 3. The van der Waals surface area contributed by atoms with Crippen molar-refractivity contribution in [1.82, 2.24) is 9.91 Å². The van der Waals surface area contributed by atoms with E-state index in [1.165, 1.54) is 17.7 Å². The Morgan fingerprint density at radius 3 is 2.33 bits per heavy atom. The van der Waals surface area contributed by atoms with Crippen molar-refractivity contribution >= 4 is 17.8 Å². The van der Waals surface area contributed by atoms with E-state index in [1.807, 2.05) is 17.1 Å². The van der Waals surface area contributed by atoms with Crippen molar-refractivity contribution in [3.8, 4) is 11.5 Å². The molecule has 0 atom stereocenters. The van der Waals surface area contributed by atoms with Gasteiger partial charge in [-0.15, -0.1) is 0 Å². The summed E-state index contributed by atoms with van der Waals surface area (Å²) in [6, 6.07) is 12.6. The van der Waals surface area contributed by atoms with E-state index >= 15 is 0 Å². The van der Waals surface area contributed by atoms with Crippen molar-refractivity contribution in [3.63, 3.8) is 0 Å². The van der Waals surface area contributed by atoms with Gasteiger partial charge >= 0.3 is 0 Å². The van der Waals surface area contributed by atoms with Gasteiger partial charge in [0, 0.05) is 37.7 Å². The molecule has 1 heterocycles. The van der Waals surface area contributed by atoms with Gasteiger partial charge in [0.1, 0.15) is 0 Å². The van der Waals surface area contributed by atoms with Gasteiger partial charge in [-0.05, 0) is 41.5 Å². The number of halogens is 1. The summed E-state index contributed by atoms with van der Waals surface area (Å²) in [5.41, 5.74) is 2.02. The van der Waals surface area contributed by atoms with E-state index < -0.39 is 0 Å². The van der Waals surface area contributed by atoms with Crippen LogP contribution in [0.3, 0.4) is 0 Å². The third-order valence-corrected chi connectivity index (χ3v) is 4.29. The third kappa shape index (κ3) is 4.40. The van der Waals surface area contributed by atoms with Gasteiger partial charge in [-0.25, -0.2) is 0 Å². The van der Waals surface area contributed by atoms with Crippen LogP contribution < -0.4 is 0 Å². The average molecular weight is 346 g/mol. The Morgan fingerprint density at radius 2 is 1.67 bits per heavy atom. The van der Waals surface area contributed by atoms with E-state index in [4.69, 9.17) is 11.6 Å². The molecule has 6 heteroatoms. The molecule has 0 unspecified atom stereocenters. The molecule has 0 bridgehead atoms. The molecule has 2 aromatic rings. The number of hydrogen-bond acceptors (Lipinski definition) is 5. The minimum Gasteiger partial charge on any atom is -0.504 e. The first kappa shape index (κ1) is 16.6. The molecule has 1 fully saturated rings. The minimum absolute atomic E-state index is 0.122. The molecule has 0 saturated carbocycles. The fourth-order valence-corrected chi connectivity index (χ4v) is 2.75. The predicted molar refractivity (Wildman–Crippen MR) is 95.7 cm³/mol. The zero-order valence-electron chi connectivity index (χ0n) is 13.3. The van der Waals surface area contributed by atoms with Crippen molar-refractivity contribution in [2.75, 3.05) is 26.2 Å². The lowest BCUT2D eigenvalue weighted by atomic mass is 10.2. The second-order valence-electron chi connectivity index (χ2n) is 5.85. The van der Waals surface area contributed by atoms with Crippen LogP contribution in [0.15, 0.2) is 47.6 Å². The fourth-order valence-electron chi connectivity index (χ4n) is 2.63. The summed E-state index contributed by atoms with van der Waals surface area (Å²) in [4.78, 5) is 2.39. The Morgan fingerprint density at radius 1 is 0.958 bits per heavy atom. The SMILES string of the molecule is Oc1ccc(/C=N\N2CCN(Cc3ccc(Cl)cc3)CC2)cc1O. The van der Waals surface area contributed by atoms with Gasteiger partial charge in [-0.2, -0.15) is 5.10 Å². The molecule has 0 radical (unpaired) electrons. The van der Waals surface area contributed by atoms with Crippen molar-refractivity contribution in [3.05, 3.63) is 58.6 Å². The first-order chi connectivity index (χ1) is 11.6. The molecule has 24 heavy (non-hydrogen) atoms. The summed E-state index contributed by atoms with van der Waals surface area (Å²) in [6.07, 6.45) is 1.70. The van der Waals surface area contributed by atoms with E-state index in [2.05, 4.69) is 22.1 Å².